The van der Waals surface area contributed by atoms with Crippen molar-refractivity contribution in [2.45, 2.75) is 64.6 Å². The first-order valence-electron chi connectivity index (χ1n) is 8.14. The van der Waals surface area contributed by atoms with Crippen LogP contribution in [0.3, 0.4) is 0 Å². The SMILES string of the molecule is CCC(=O)N1CCCC1C1CCCN1Cc1cc(C)no1. The molecule has 0 aromatic carbocycles. The van der Waals surface area contributed by atoms with Gasteiger partial charge in [0.05, 0.1) is 12.2 Å². The maximum Gasteiger partial charge on any atom is 0.222 e. The van der Waals surface area contributed by atoms with E-state index in [4.69, 9.17) is 4.52 Å². The highest BCUT2D eigenvalue weighted by Gasteiger charge is 2.39. The minimum Gasteiger partial charge on any atom is -0.360 e. The molecule has 3 heterocycles. The fourth-order valence-corrected chi connectivity index (χ4v) is 3.88. The van der Waals surface area contributed by atoms with E-state index in [1.54, 1.807) is 0 Å². The molecule has 1 amide bonds. The highest BCUT2D eigenvalue weighted by molar-refractivity contribution is 5.76. The van der Waals surface area contributed by atoms with Crippen LogP contribution in [0.25, 0.3) is 0 Å². The van der Waals surface area contributed by atoms with Crippen molar-refractivity contribution in [3.8, 4) is 0 Å². The second-order valence-corrected chi connectivity index (χ2v) is 6.26. The number of hydrogen-bond donors (Lipinski definition) is 0. The lowest BCUT2D eigenvalue weighted by molar-refractivity contribution is -0.132. The van der Waals surface area contributed by atoms with Gasteiger partial charge in [-0.25, -0.2) is 0 Å². The highest BCUT2D eigenvalue weighted by Crippen LogP contribution is 2.31. The van der Waals surface area contributed by atoms with Crippen molar-refractivity contribution in [3.05, 3.63) is 17.5 Å². The van der Waals surface area contributed by atoms with Crippen LogP contribution in [-0.4, -0.2) is 46.0 Å². The lowest BCUT2D eigenvalue weighted by Crippen LogP contribution is -2.47. The summed E-state index contributed by atoms with van der Waals surface area (Å²) in [5.41, 5.74) is 0.935. The largest absolute Gasteiger partial charge is 0.360 e. The molecule has 3 rings (SSSR count). The number of hydrogen-bond acceptors (Lipinski definition) is 4. The van der Waals surface area contributed by atoms with Gasteiger partial charge in [-0.2, -0.15) is 0 Å². The average Bonchev–Trinajstić information content (AvgIpc) is 3.18. The van der Waals surface area contributed by atoms with Gasteiger partial charge in [0.25, 0.3) is 0 Å². The molecule has 2 unspecified atom stereocenters. The maximum atomic E-state index is 12.1. The Kier molecular flexibility index (Phi) is 4.29. The molecule has 0 saturated carbocycles. The highest BCUT2D eigenvalue weighted by atomic mass is 16.5. The van der Waals surface area contributed by atoms with Crippen LogP contribution in [-0.2, 0) is 11.3 Å². The molecule has 2 aliphatic heterocycles. The van der Waals surface area contributed by atoms with Gasteiger partial charge in [0.15, 0.2) is 5.76 Å². The number of amides is 1. The molecule has 2 atom stereocenters. The molecule has 2 aliphatic rings. The monoisotopic (exact) mass is 291 g/mol. The molecule has 0 spiro atoms. The zero-order chi connectivity index (χ0) is 14.8. The molecule has 0 bridgehead atoms. The van der Waals surface area contributed by atoms with E-state index in [1.165, 1.54) is 12.8 Å². The molecule has 116 valence electrons. The van der Waals surface area contributed by atoms with Gasteiger partial charge in [0.1, 0.15) is 0 Å². The third-order valence-electron chi connectivity index (χ3n) is 4.82. The maximum absolute atomic E-state index is 12.1. The molecule has 2 saturated heterocycles. The molecule has 1 aromatic rings. The second kappa shape index (κ2) is 6.18. The van der Waals surface area contributed by atoms with Crippen LogP contribution in [0.2, 0.25) is 0 Å². The lowest BCUT2D eigenvalue weighted by atomic mass is 10.0. The van der Waals surface area contributed by atoms with Crippen LogP contribution in [0, 0.1) is 6.92 Å². The minimum absolute atomic E-state index is 0.305. The second-order valence-electron chi connectivity index (χ2n) is 6.26. The third-order valence-corrected chi connectivity index (χ3v) is 4.82. The number of rotatable bonds is 4. The Morgan fingerprint density at radius 2 is 2.10 bits per heavy atom. The summed E-state index contributed by atoms with van der Waals surface area (Å²) in [5, 5.41) is 3.97. The summed E-state index contributed by atoms with van der Waals surface area (Å²) in [4.78, 5) is 16.7. The summed E-state index contributed by atoms with van der Waals surface area (Å²) in [7, 11) is 0. The van der Waals surface area contributed by atoms with Gasteiger partial charge in [0.2, 0.25) is 5.91 Å². The fourth-order valence-electron chi connectivity index (χ4n) is 3.88. The van der Waals surface area contributed by atoms with Crippen molar-refractivity contribution in [1.29, 1.82) is 0 Å². The number of likely N-dealkylation sites (tertiary alicyclic amines) is 2. The Morgan fingerprint density at radius 1 is 1.33 bits per heavy atom. The normalized spacial score (nSPS) is 26.7. The predicted molar refractivity (Wildman–Crippen MR) is 79.7 cm³/mol. The average molecular weight is 291 g/mol. The topological polar surface area (TPSA) is 49.6 Å². The third kappa shape index (κ3) is 2.98. The number of nitrogens with zero attached hydrogens (tertiary/aromatic N) is 3. The summed E-state index contributed by atoms with van der Waals surface area (Å²) in [6.07, 6.45) is 5.29. The zero-order valence-corrected chi connectivity index (χ0v) is 13.0. The van der Waals surface area contributed by atoms with Crippen molar-refractivity contribution >= 4 is 5.91 Å². The number of carbonyl (C=O) groups is 1. The summed E-state index contributed by atoms with van der Waals surface area (Å²) in [6, 6.07) is 2.89. The Labute approximate surface area is 126 Å². The molecule has 5 heteroatoms. The summed E-state index contributed by atoms with van der Waals surface area (Å²) < 4.78 is 5.36. The van der Waals surface area contributed by atoms with E-state index in [2.05, 4.69) is 15.0 Å². The summed E-state index contributed by atoms with van der Waals surface area (Å²) >= 11 is 0. The first-order chi connectivity index (χ1) is 10.2. The van der Waals surface area contributed by atoms with E-state index in [0.717, 1.165) is 43.9 Å². The van der Waals surface area contributed by atoms with Crippen LogP contribution in [0.4, 0.5) is 0 Å². The molecular weight excluding hydrogens is 266 g/mol. The molecule has 5 nitrogen and oxygen atoms in total. The van der Waals surface area contributed by atoms with Crippen LogP contribution in [0.15, 0.2) is 10.6 Å². The molecule has 0 aliphatic carbocycles. The van der Waals surface area contributed by atoms with Crippen molar-refractivity contribution < 1.29 is 9.32 Å². The van der Waals surface area contributed by atoms with Gasteiger partial charge in [-0.1, -0.05) is 12.1 Å². The first kappa shape index (κ1) is 14.6. The van der Waals surface area contributed by atoms with Crippen molar-refractivity contribution in [2.75, 3.05) is 13.1 Å². The van der Waals surface area contributed by atoms with Crippen molar-refractivity contribution in [2.24, 2.45) is 0 Å². The van der Waals surface area contributed by atoms with Gasteiger partial charge in [-0.15, -0.1) is 0 Å². The Hall–Kier alpha value is -1.36. The van der Waals surface area contributed by atoms with Crippen molar-refractivity contribution in [3.63, 3.8) is 0 Å². The number of aryl methyl sites for hydroxylation is 1. The smallest absolute Gasteiger partial charge is 0.222 e. The first-order valence-corrected chi connectivity index (χ1v) is 8.14. The van der Waals surface area contributed by atoms with Gasteiger partial charge < -0.3 is 9.42 Å². The van der Waals surface area contributed by atoms with E-state index in [-0.39, 0.29) is 0 Å². The number of aromatic nitrogens is 1. The van der Waals surface area contributed by atoms with E-state index in [1.807, 2.05) is 19.9 Å². The van der Waals surface area contributed by atoms with Gasteiger partial charge >= 0.3 is 0 Å². The molecule has 2 fully saturated rings. The van der Waals surface area contributed by atoms with Crippen molar-refractivity contribution in [1.82, 2.24) is 15.0 Å². The van der Waals surface area contributed by atoms with Gasteiger partial charge in [-0.3, -0.25) is 9.69 Å². The molecule has 0 radical (unpaired) electrons. The van der Waals surface area contributed by atoms with Crippen LogP contribution in [0.5, 0.6) is 0 Å². The van der Waals surface area contributed by atoms with Gasteiger partial charge in [0, 0.05) is 31.1 Å². The van der Waals surface area contributed by atoms with Gasteiger partial charge in [-0.05, 0) is 39.2 Å². The Morgan fingerprint density at radius 3 is 2.81 bits per heavy atom. The fraction of sp³-hybridized carbons (Fsp3) is 0.750. The molecule has 0 N–H and O–H groups in total. The molecule has 21 heavy (non-hydrogen) atoms. The molecule has 1 aromatic heterocycles. The Balaban J connectivity index is 1.69. The zero-order valence-electron chi connectivity index (χ0n) is 13.0. The lowest BCUT2D eigenvalue weighted by Gasteiger charge is -2.34. The predicted octanol–water partition coefficient (Wildman–Crippen LogP) is 2.35. The van der Waals surface area contributed by atoms with Crippen LogP contribution in [0.1, 0.15) is 50.5 Å². The van der Waals surface area contributed by atoms with Crippen LogP contribution < -0.4 is 0 Å². The summed E-state index contributed by atoms with van der Waals surface area (Å²) in [5.74, 6) is 1.24. The minimum atomic E-state index is 0.305. The van der Waals surface area contributed by atoms with E-state index >= 15 is 0 Å². The Bertz CT molecular complexity index is 499. The summed E-state index contributed by atoms with van der Waals surface area (Å²) in [6.45, 7) is 6.75. The number of carbonyl (C=O) groups excluding carboxylic acids is 1. The van der Waals surface area contributed by atoms with E-state index in [0.29, 0.717) is 24.4 Å². The van der Waals surface area contributed by atoms with Crippen LogP contribution >= 0.6 is 0 Å². The molecular formula is C16H25N3O2. The van der Waals surface area contributed by atoms with E-state index < -0.39 is 0 Å². The quantitative estimate of drug-likeness (QED) is 0.854. The standard InChI is InChI=1S/C16H25N3O2/c1-3-16(20)19-9-5-7-15(19)14-6-4-8-18(14)11-13-10-12(2)17-21-13/h10,14-15H,3-9,11H2,1-2H3. The van der Waals surface area contributed by atoms with E-state index in [9.17, 15) is 4.79 Å².